The number of ether oxygens (including phenoxy) is 1. The molecule has 0 spiro atoms. The third kappa shape index (κ3) is 4.53. The number of esters is 1. The molecule has 0 bridgehead atoms. The Morgan fingerprint density at radius 1 is 1.21 bits per heavy atom. The highest BCUT2D eigenvalue weighted by Gasteiger charge is 2.46. The van der Waals surface area contributed by atoms with E-state index in [0.717, 1.165) is 5.01 Å². The van der Waals surface area contributed by atoms with Gasteiger partial charge in [-0.2, -0.15) is 0 Å². The minimum atomic E-state index is -1.67. The van der Waals surface area contributed by atoms with Crippen LogP contribution in [0, 0.1) is 0 Å². The van der Waals surface area contributed by atoms with Gasteiger partial charge in [-0.15, -0.1) is 0 Å². The van der Waals surface area contributed by atoms with Crippen molar-refractivity contribution in [2.45, 2.75) is 31.7 Å². The van der Waals surface area contributed by atoms with Crippen LogP contribution in [-0.2, 0) is 14.3 Å². The van der Waals surface area contributed by atoms with Crippen LogP contribution >= 0.6 is 0 Å². The normalized spacial score (nSPS) is 13.0. The number of rotatable bonds is 9. The molecule has 2 amide bonds. The number of aliphatic hydroxyl groups is 1. The molecule has 8 heteroatoms. The van der Waals surface area contributed by atoms with E-state index in [-0.39, 0.29) is 31.4 Å². The van der Waals surface area contributed by atoms with Crippen molar-refractivity contribution in [1.82, 2.24) is 5.01 Å². The van der Waals surface area contributed by atoms with Gasteiger partial charge in [0.05, 0.1) is 6.61 Å². The van der Waals surface area contributed by atoms with Crippen LogP contribution in [0.3, 0.4) is 0 Å². The second kappa shape index (κ2) is 8.99. The number of nitrogens with zero attached hydrogens (tertiary/aromatic N) is 1. The van der Waals surface area contributed by atoms with Crippen molar-refractivity contribution in [1.29, 1.82) is 0 Å². The van der Waals surface area contributed by atoms with Crippen LogP contribution in [0.15, 0.2) is 30.3 Å². The van der Waals surface area contributed by atoms with E-state index < -0.39 is 29.9 Å². The molecule has 0 radical (unpaired) electrons. The Balaban J connectivity index is 3.23. The maximum Gasteiger partial charge on any atom is 0.333 e. The van der Waals surface area contributed by atoms with Gasteiger partial charge in [0, 0.05) is 25.0 Å². The van der Waals surface area contributed by atoms with Crippen LogP contribution in [0.2, 0.25) is 0 Å². The van der Waals surface area contributed by atoms with Gasteiger partial charge in [-0.25, -0.2) is 10.6 Å². The lowest BCUT2D eigenvalue weighted by atomic mass is 9.88. The van der Waals surface area contributed by atoms with Crippen LogP contribution in [0.1, 0.15) is 36.5 Å². The van der Waals surface area contributed by atoms with E-state index in [0.29, 0.717) is 0 Å². The fraction of sp³-hybridized carbons (Fsp3) is 0.438. The summed E-state index contributed by atoms with van der Waals surface area (Å²) in [7, 11) is 0. The van der Waals surface area contributed by atoms with Gasteiger partial charge in [0.15, 0.2) is 5.54 Å². The zero-order valence-electron chi connectivity index (χ0n) is 13.6. The molecule has 0 aromatic heterocycles. The highest BCUT2D eigenvalue weighted by atomic mass is 16.5. The molecule has 1 rings (SSSR count). The molecule has 0 aliphatic carbocycles. The summed E-state index contributed by atoms with van der Waals surface area (Å²) in [5, 5.41) is 10.1. The molecule has 0 aliphatic rings. The fourth-order valence-corrected chi connectivity index (χ4v) is 2.36. The van der Waals surface area contributed by atoms with Crippen molar-refractivity contribution in [2.24, 2.45) is 11.6 Å². The quantitative estimate of drug-likeness (QED) is 0.250. The average Bonchev–Trinajstić information content (AvgIpc) is 2.58. The topological polar surface area (TPSA) is 136 Å². The predicted octanol–water partition coefficient (Wildman–Crippen LogP) is -0.0477. The Morgan fingerprint density at radius 2 is 1.83 bits per heavy atom. The number of amides is 2. The van der Waals surface area contributed by atoms with Crippen LogP contribution in [0.25, 0.3) is 0 Å². The third-order valence-electron chi connectivity index (χ3n) is 3.67. The summed E-state index contributed by atoms with van der Waals surface area (Å²) in [6.45, 7) is 1.25. The summed E-state index contributed by atoms with van der Waals surface area (Å²) in [6, 6.07) is 8.14. The molecule has 0 saturated heterocycles. The van der Waals surface area contributed by atoms with E-state index in [1.807, 2.05) is 0 Å². The first-order valence-electron chi connectivity index (χ1n) is 7.59. The van der Waals surface area contributed by atoms with E-state index >= 15 is 0 Å². The van der Waals surface area contributed by atoms with Crippen molar-refractivity contribution in [2.75, 3.05) is 13.2 Å². The molecule has 0 unspecified atom stereocenters. The molecular weight excluding hydrogens is 314 g/mol. The van der Waals surface area contributed by atoms with Gasteiger partial charge >= 0.3 is 5.97 Å². The third-order valence-corrected chi connectivity index (χ3v) is 3.67. The molecule has 1 atom stereocenters. The van der Waals surface area contributed by atoms with Gasteiger partial charge in [-0.05, 0) is 25.5 Å². The molecule has 0 heterocycles. The predicted molar refractivity (Wildman–Crippen MR) is 86.3 cm³/mol. The lowest BCUT2D eigenvalue weighted by Crippen LogP contribution is -2.61. The molecule has 0 saturated carbocycles. The summed E-state index contributed by atoms with van der Waals surface area (Å²) >= 11 is 0. The molecular formula is C16H23N3O5. The Bertz CT molecular complexity index is 578. The highest BCUT2D eigenvalue weighted by Crippen LogP contribution is 2.27. The summed E-state index contributed by atoms with van der Waals surface area (Å²) in [5.41, 5.74) is 3.75. The summed E-state index contributed by atoms with van der Waals surface area (Å²) in [4.78, 5) is 36.3. The smallest absolute Gasteiger partial charge is 0.333 e. The van der Waals surface area contributed by atoms with Gasteiger partial charge in [0.25, 0.3) is 5.91 Å². The zero-order chi connectivity index (χ0) is 18.2. The van der Waals surface area contributed by atoms with E-state index in [1.165, 1.54) is 0 Å². The Kier molecular flexibility index (Phi) is 7.34. The lowest BCUT2D eigenvalue weighted by molar-refractivity contribution is -0.158. The van der Waals surface area contributed by atoms with E-state index in [1.54, 1.807) is 37.3 Å². The van der Waals surface area contributed by atoms with Gasteiger partial charge < -0.3 is 15.6 Å². The number of aliphatic hydroxyl groups excluding tert-OH is 1. The van der Waals surface area contributed by atoms with Gasteiger partial charge in [0.2, 0.25) is 5.91 Å². The van der Waals surface area contributed by atoms with Crippen molar-refractivity contribution in [3.63, 3.8) is 0 Å². The number of hydrogen-bond donors (Lipinski definition) is 3. The van der Waals surface area contributed by atoms with E-state index in [4.69, 9.17) is 16.3 Å². The largest absolute Gasteiger partial charge is 0.464 e. The van der Waals surface area contributed by atoms with Crippen molar-refractivity contribution < 1.29 is 24.2 Å². The minimum Gasteiger partial charge on any atom is -0.464 e. The first-order chi connectivity index (χ1) is 11.4. The number of carbonyl (C=O) groups is 3. The minimum absolute atomic E-state index is 0.0654. The van der Waals surface area contributed by atoms with Crippen LogP contribution < -0.4 is 11.6 Å². The SMILES string of the molecule is CCOC(=O)[C@](CCO)(CCC(N)=O)N(N)C(=O)c1ccccc1. The van der Waals surface area contributed by atoms with Crippen LogP contribution in [0.5, 0.6) is 0 Å². The van der Waals surface area contributed by atoms with Crippen LogP contribution in [-0.4, -0.2) is 46.7 Å². The molecule has 5 N–H and O–H groups in total. The molecule has 1 aromatic rings. The summed E-state index contributed by atoms with van der Waals surface area (Å²) < 4.78 is 5.02. The second-order valence-corrected chi connectivity index (χ2v) is 5.23. The molecule has 24 heavy (non-hydrogen) atoms. The van der Waals surface area contributed by atoms with E-state index in [2.05, 4.69) is 0 Å². The molecule has 132 valence electrons. The summed E-state index contributed by atoms with van der Waals surface area (Å²) in [6.07, 6.45) is -0.500. The van der Waals surface area contributed by atoms with E-state index in [9.17, 15) is 19.5 Å². The fourth-order valence-electron chi connectivity index (χ4n) is 2.36. The second-order valence-electron chi connectivity index (χ2n) is 5.23. The first-order valence-corrected chi connectivity index (χ1v) is 7.59. The Labute approximate surface area is 140 Å². The number of nitrogens with two attached hydrogens (primary N) is 2. The number of hydrogen-bond acceptors (Lipinski definition) is 6. The molecule has 8 nitrogen and oxygen atoms in total. The van der Waals surface area contributed by atoms with Crippen molar-refractivity contribution in [3.05, 3.63) is 35.9 Å². The number of hydrazine groups is 1. The van der Waals surface area contributed by atoms with Crippen molar-refractivity contribution >= 4 is 17.8 Å². The standard InChI is InChI=1S/C16H23N3O5/c1-2-24-15(23)16(10-11-20,9-8-13(17)21)19(18)14(22)12-6-4-3-5-7-12/h3-7,20H,2,8-11,18H2,1H3,(H2,17,21)/t16-/m1/s1. The number of primary amides is 1. The molecule has 0 aliphatic heterocycles. The highest BCUT2D eigenvalue weighted by molar-refractivity contribution is 5.98. The van der Waals surface area contributed by atoms with Crippen molar-refractivity contribution in [3.8, 4) is 0 Å². The summed E-state index contributed by atoms with van der Waals surface area (Å²) in [5.74, 6) is 3.89. The van der Waals surface area contributed by atoms with Crippen LogP contribution in [0.4, 0.5) is 0 Å². The molecule has 0 fully saturated rings. The van der Waals surface area contributed by atoms with Gasteiger partial charge in [-0.1, -0.05) is 18.2 Å². The Morgan fingerprint density at radius 3 is 2.33 bits per heavy atom. The maximum atomic E-state index is 12.6. The Hall–Kier alpha value is -2.45. The number of carbonyl (C=O) groups excluding carboxylic acids is 3. The first kappa shape index (κ1) is 19.6. The lowest BCUT2D eigenvalue weighted by Gasteiger charge is -2.38. The van der Waals surface area contributed by atoms with Gasteiger partial charge in [0.1, 0.15) is 0 Å². The van der Waals surface area contributed by atoms with Gasteiger partial charge in [-0.3, -0.25) is 14.6 Å². The monoisotopic (exact) mass is 337 g/mol. The maximum absolute atomic E-state index is 12.6. The zero-order valence-corrected chi connectivity index (χ0v) is 13.6. The molecule has 1 aromatic carbocycles. The number of benzene rings is 1. The average molecular weight is 337 g/mol.